The minimum absolute atomic E-state index is 0.176. The minimum Gasteiger partial charge on any atom is -0.258 e. The Morgan fingerprint density at radius 2 is 1.80 bits per heavy atom. The van der Waals surface area contributed by atoms with Gasteiger partial charge in [-0.15, -0.1) is 22.7 Å². The minimum atomic E-state index is -0.406. The Kier molecular flexibility index (Phi) is 5.04. The predicted octanol–water partition coefficient (Wildman–Crippen LogP) is 4.71. The molecule has 0 radical (unpaired) electrons. The van der Waals surface area contributed by atoms with Crippen molar-refractivity contribution in [1.29, 1.82) is 0 Å². The molecule has 2 aromatic rings. The number of hydrogen-bond donors (Lipinski definition) is 0. The summed E-state index contributed by atoms with van der Waals surface area (Å²) in [5.74, 6) is 0. The lowest BCUT2D eigenvalue weighted by atomic mass is 10.6. The standard InChI is InChI=1S/C4H2Cl2S.C4H3NO2S/c5-3-1-2-4(6)7-3;6-5(7)4-1-2-8-3-4/h1-2H;1-3H. The fraction of sp³-hybridized carbons (Fsp3) is 0. The number of nitrogens with zero attached hydrogens (tertiary/aromatic N) is 1. The van der Waals surface area contributed by atoms with Crippen molar-refractivity contribution in [2.24, 2.45) is 0 Å². The van der Waals surface area contributed by atoms with E-state index in [9.17, 15) is 10.1 Å². The summed E-state index contributed by atoms with van der Waals surface area (Å²) in [4.78, 5) is 9.47. The summed E-state index contributed by atoms with van der Waals surface area (Å²) in [6, 6.07) is 5.02. The van der Waals surface area contributed by atoms with Gasteiger partial charge in [-0.3, -0.25) is 10.1 Å². The Morgan fingerprint density at radius 1 is 1.20 bits per heavy atom. The molecule has 15 heavy (non-hydrogen) atoms. The zero-order chi connectivity index (χ0) is 11.3. The van der Waals surface area contributed by atoms with Crippen LogP contribution in [0, 0.1) is 10.1 Å². The van der Waals surface area contributed by atoms with Gasteiger partial charge in [-0.05, 0) is 17.5 Å². The van der Waals surface area contributed by atoms with Crippen LogP contribution < -0.4 is 0 Å². The first-order valence-corrected chi connectivity index (χ1v) is 6.18. The topological polar surface area (TPSA) is 43.1 Å². The molecule has 3 nitrogen and oxygen atoms in total. The van der Waals surface area contributed by atoms with Crippen molar-refractivity contribution in [1.82, 2.24) is 0 Å². The highest BCUT2D eigenvalue weighted by Gasteiger charge is 2.01. The molecule has 0 saturated heterocycles. The van der Waals surface area contributed by atoms with E-state index >= 15 is 0 Å². The molecule has 0 aliphatic heterocycles. The van der Waals surface area contributed by atoms with Crippen LogP contribution in [0.2, 0.25) is 8.67 Å². The summed E-state index contributed by atoms with van der Waals surface area (Å²) in [5, 5.41) is 13.1. The molecule has 0 aromatic carbocycles. The largest absolute Gasteiger partial charge is 0.280 e. The fourth-order valence-electron chi connectivity index (χ4n) is 0.653. The maximum Gasteiger partial charge on any atom is 0.280 e. The SMILES string of the molecule is Clc1ccc(Cl)s1.O=[N+]([O-])c1ccsc1. The maximum absolute atomic E-state index is 9.87. The van der Waals surface area contributed by atoms with Crippen LogP contribution in [0.1, 0.15) is 0 Å². The molecule has 2 rings (SSSR count). The van der Waals surface area contributed by atoms with Crippen LogP contribution in [-0.2, 0) is 0 Å². The second-order valence-electron chi connectivity index (χ2n) is 2.28. The van der Waals surface area contributed by atoms with Crippen LogP contribution >= 0.6 is 45.9 Å². The molecule has 0 atom stereocenters. The number of rotatable bonds is 1. The molecule has 0 bridgehead atoms. The molecule has 0 unspecified atom stereocenters. The Morgan fingerprint density at radius 3 is 2.00 bits per heavy atom. The van der Waals surface area contributed by atoms with Gasteiger partial charge in [-0.1, -0.05) is 23.2 Å². The van der Waals surface area contributed by atoms with Gasteiger partial charge in [0.1, 0.15) is 0 Å². The van der Waals surface area contributed by atoms with Crippen LogP contribution in [-0.4, -0.2) is 4.92 Å². The Bertz CT molecular complexity index is 411. The van der Waals surface area contributed by atoms with E-state index in [4.69, 9.17) is 23.2 Å². The van der Waals surface area contributed by atoms with Gasteiger partial charge in [-0.25, -0.2) is 0 Å². The van der Waals surface area contributed by atoms with Gasteiger partial charge in [0.15, 0.2) is 0 Å². The van der Waals surface area contributed by atoms with Crippen molar-refractivity contribution in [3.63, 3.8) is 0 Å². The van der Waals surface area contributed by atoms with E-state index in [0.717, 1.165) is 8.67 Å². The maximum atomic E-state index is 9.87. The molecule has 0 saturated carbocycles. The van der Waals surface area contributed by atoms with Crippen molar-refractivity contribution >= 4 is 51.6 Å². The third-order valence-electron chi connectivity index (χ3n) is 1.26. The fourth-order valence-corrected chi connectivity index (χ4v) is 2.46. The van der Waals surface area contributed by atoms with Gasteiger partial charge < -0.3 is 0 Å². The molecular formula is C8H5Cl2NO2S2. The highest BCUT2D eigenvalue weighted by molar-refractivity contribution is 7.19. The zero-order valence-corrected chi connectivity index (χ0v) is 10.4. The summed E-state index contributed by atoms with van der Waals surface area (Å²) in [7, 11) is 0. The van der Waals surface area contributed by atoms with E-state index in [2.05, 4.69) is 0 Å². The first-order valence-electron chi connectivity index (χ1n) is 3.67. The smallest absolute Gasteiger partial charge is 0.258 e. The van der Waals surface area contributed by atoms with Crippen LogP contribution in [0.5, 0.6) is 0 Å². The molecule has 0 aliphatic carbocycles. The first kappa shape index (κ1) is 12.4. The molecule has 2 heterocycles. The van der Waals surface area contributed by atoms with E-state index in [1.165, 1.54) is 34.1 Å². The number of hydrogen-bond acceptors (Lipinski definition) is 4. The summed E-state index contributed by atoms with van der Waals surface area (Å²) < 4.78 is 1.48. The summed E-state index contributed by atoms with van der Waals surface area (Å²) in [5.41, 5.74) is 0.176. The Labute approximate surface area is 104 Å². The van der Waals surface area contributed by atoms with Gasteiger partial charge in [0.25, 0.3) is 5.69 Å². The molecule has 0 amide bonds. The molecule has 2 aromatic heterocycles. The van der Waals surface area contributed by atoms with Gasteiger partial charge in [0, 0.05) is 6.07 Å². The van der Waals surface area contributed by atoms with E-state index in [1.54, 1.807) is 17.5 Å². The third kappa shape index (κ3) is 4.61. The number of nitro groups is 1. The van der Waals surface area contributed by atoms with Gasteiger partial charge in [0.05, 0.1) is 19.0 Å². The molecule has 7 heteroatoms. The Hall–Kier alpha value is -0.620. The number of halogens is 2. The molecule has 0 aliphatic rings. The lowest BCUT2D eigenvalue weighted by Gasteiger charge is -1.77. The molecule has 0 spiro atoms. The van der Waals surface area contributed by atoms with Gasteiger partial charge in [-0.2, -0.15) is 0 Å². The monoisotopic (exact) mass is 281 g/mol. The van der Waals surface area contributed by atoms with Crippen molar-refractivity contribution in [3.05, 3.63) is 47.7 Å². The highest BCUT2D eigenvalue weighted by atomic mass is 35.5. The van der Waals surface area contributed by atoms with Crippen LogP contribution in [0.4, 0.5) is 5.69 Å². The molecule has 0 fully saturated rings. The van der Waals surface area contributed by atoms with E-state index in [-0.39, 0.29) is 5.69 Å². The first-order chi connectivity index (χ1) is 7.09. The van der Waals surface area contributed by atoms with Crippen molar-refractivity contribution < 1.29 is 4.92 Å². The average Bonchev–Trinajstić information content (AvgIpc) is 2.77. The van der Waals surface area contributed by atoms with Crippen LogP contribution in [0.25, 0.3) is 0 Å². The summed E-state index contributed by atoms with van der Waals surface area (Å²) in [6.45, 7) is 0. The van der Waals surface area contributed by atoms with E-state index in [1.807, 2.05) is 0 Å². The predicted molar refractivity (Wildman–Crippen MR) is 65.3 cm³/mol. The van der Waals surface area contributed by atoms with Gasteiger partial charge in [0.2, 0.25) is 0 Å². The second-order valence-corrected chi connectivity index (χ2v) is 5.41. The quantitative estimate of drug-likeness (QED) is 0.561. The Balaban J connectivity index is 0.000000151. The third-order valence-corrected chi connectivity index (χ3v) is 3.31. The van der Waals surface area contributed by atoms with Crippen LogP contribution in [0.3, 0.4) is 0 Å². The normalized spacial score (nSPS) is 9.20. The molecule has 80 valence electrons. The van der Waals surface area contributed by atoms with Crippen molar-refractivity contribution in [3.8, 4) is 0 Å². The lowest BCUT2D eigenvalue weighted by Crippen LogP contribution is -1.81. The van der Waals surface area contributed by atoms with E-state index in [0.29, 0.717) is 0 Å². The molecule has 0 N–H and O–H groups in total. The highest BCUT2D eigenvalue weighted by Crippen LogP contribution is 2.24. The average molecular weight is 282 g/mol. The summed E-state index contributed by atoms with van der Waals surface area (Å²) in [6.07, 6.45) is 0. The van der Waals surface area contributed by atoms with Gasteiger partial charge >= 0.3 is 0 Å². The zero-order valence-electron chi connectivity index (χ0n) is 7.22. The summed E-state index contributed by atoms with van der Waals surface area (Å²) >= 11 is 13.7. The second kappa shape index (κ2) is 6.07. The molecular weight excluding hydrogens is 277 g/mol. The lowest BCUT2D eigenvalue weighted by molar-refractivity contribution is -0.384. The van der Waals surface area contributed by atoms with Crippen molar-refractivity contribution in [2.45, 2.75) is 0 Å². The number of thiophene rings is 2. The van der Waals surface area contributed by atoms with Crippen LogP contribution in [0.15, 0.2) is 29.0 Å². The van der Waals surface area contributed by atoms with Crippen molar-refractivity contribution in [2.75, 3.05) is 0 Å². The van der Waals surface area contributed by atoms with E-state index < -0.39 is 4.92 Å².